The van der Waals surface area contributed by atoms with E-state index in [4.69, 9.17) is 4.74 Å². The molecular weight excluding hydrogens is 336 g/mol. The molecule has 0 N–H and O–H groups in total. The van der Waals surface area contributed by atoms with Crippen LogP contribution in [0.1, 0.15) is 27.3 Å². The molecule has 3 rings (SSSR count). The maximum atomic E-state index is 12.3. The van der Waals surface area contributed by atoms with E-state index in [9.17, 15) is 14.9 Å². The first-order valence-electron chi connectivity index (χ1n) is 7.82. The fourth-order valence-corrected chi connectivity index (χ4v) is 2.46. The lowest BCUT2D eigenvalue weighted by atomic mass is 10.2. The van der Waals surface area contributed by atoms with Gasteiger partial charge in [-0.15, -0.1) is 0 Å². The van der Waals surface area contributed by atoms with Crippen molar-refractivity contribution in [3.63, 3.8) is 0 Å². The van der Waals surface area contributed by atoms with Gasteiger partial charge >= 0.3 is 5.97 Å². The molecule has 2 aromatic heterocycles. The van der Waals surface area contributed by atoms with Crippen molar-refractivity contribution in [3.8, 4) is 11.6 Å². The van der Waals surface area contributed by atoms with Crippen molar-refractivity contribution >= 4 is 11.7 Å². The lowest BCUT2D eigenvalue weighted by Gasteiger charge is -2.08. The highest BCUT2D eigenvalue weighted by Crippen LogP contribution is 2.25. The molecule has 0 amide bonds. The average molecular weight is 352 g/mol. The fraction of sp³-hybridized carbons (Fsp3) is 0.167. The average Bonchev–Trinajstić information content (AvgIpc) is 2.95. The number of non-ortho nitro benzene ring substituents is 1. The van der Waals surface area contributed by atoms with Gasteiger partial charge in [0.2, 0.25) is 0 Å². The van der Waals surface area contributed by atoms with E-state index in [2.05, 4.69) is 10.1 Å². The number of esters is 1. The zero-order chi connectivity index (χ0) is 18.8. The molecule has 0 saturated carbocycles. The van der Waals surface area contributed by atoms with E-state index in [1.807, 2.05) is 19.9 Å². The van der Waals surface area contributed by atoms with E-state index in [-0.39, 0.29) is 17.0 Å². The highest BCUT2D eigenvalue weighted by Gasteiger charge is 2.15. The molecular formula is C18H16N4O4. The van der Waals surface area contributed by atoms with Crippen LogP contribution >= 0.6 is 0 Å². The van der Waals surface area contributed by atoms with E-state index < -0.39 is 10.9 Å². The third-order valence-corrected chi connectivity index (χ3v) is 3.80. The Kier molecular flexibility index (Phi) is 4.49. The van der Waals surface area contributed by atoms with Crippen LogP contribution in [0.15, 0.2) is 42.6 Å². The number of carbonyl (C=O) groups excluding carboxylic acids is 1. The molecule has 0 unspecified atom stereocenters. The van der Waals surface area contributed by atoms with Crippen LogP contribution in [-0.2, 0) is 0 Å². The first-order valence-corrected chi connectivity index (χ1v) is 7.82. The smallest absolute Gasteiger partial charge is 0.345 e. The number of carbonyl (C=O) groups is 1. The van der Waals surface area contributed by atoms with Gasteiger partial charge in [0.1, 0.15) is 5.75 Å². The van der Waals surface area contributed by atoms with Gasteiger partial charge in [0.05, 0.1) is 22.2 Å². The van der Waals surface area contributed by atoms with Crippen molar-refractivity contribution in [1.82, 2.24) is 14.8 Å². The van der Waals surface area contributed by atoms with E-state index in [0.29, 0.717) is 11.4 Å². The van der Waals surface area contributed by atoms with Crippen molar-refractivity contribution in [3.05, 3.63) is 75.2 Å². The number of pyridine rings is 1. The Morgan fingerprint density at radius 2 is 1.92 bits per heavy atom. The van der Waals surface area contributed by atoms with Gasteiger partial charge in [-0.2, -0.15) is 5.10 Å². The lowest BCUT2D eigenvalue weighted by Crippen LogP contribution is -2.11. The summed E-state index contributed by atoms with van der Waals surface area (Å²) in [5.74, 6) is 0.0894. The molecule has 26 heavy (non-hydrogen) atoms. The summed E-state index contributed by atoms with van der Waals surface area (Å²) in [6.45, 7) is 5.50. The second kappa shape index (κ2) is 6.75. The Bertz CT molecular complexity index is 993. The van der Waals surface area contributed by atoms with Gasteiger partial charge in [-0.25, -0.2) is 14.5 Å². The van der Waals surface area contributed by atoms with Gasteiger partial charge < -0.3 is 4.74 Å². The molecule has 0 spiro atoms. The molecule has 8 nitrogen and oxygen atoms in total. The van der Waals surface area contributed by atoms with Crippen LogP contribution in [-0.4, -0.2) is 25.7 Å². The first kappa shape index (κ1) is 17.3. The summed E-state index contributed by atoms with van der Waals surface area (Å²) in [5, 5.41) is 15.2. The van der Waals surface area contributed by atoms with E-state index in [1.54, 1.807) is 23.7 Å². The van der Waals surface area contributed by atoms with Crippen LogP contribution in [0.25, 0.3) is 5.82 Å². The van der Waals surface area contributed by atoms with E-state index in [0.717, 1.165) is 11.4 Å². The third kappa shape index (κ3) is 3.44. The molecule has 0 radical (unpaired) electrons. The minimum absolute atomic E-state index is 0.142. The molecule has 0 aliphatic rings. The largest absolute Gasteiger partial charge is 0.422 e. The molecule has 0 bridgehead atoms. The summed E-state index contributed by atoms with van der Waals surface area (Å²) in [7, 11) is 0. The van der Waals surface area contributed by atoms with Crippen molar-refractivity contribution in [2.24, 2.45) is 0 Å². The van der Waals surface area contributed by atoms with Crippen LogP contribution in [0.5, 0.6) is 5.75 Å². The zero-order valence-electron chi connectivity index (χ0n) is 14.5. The van der Waals surface area contributed by atoms with Gasteiger partial charge in [0.15, 0.2) is 5.82 Å². The third-order valence-electron chi connectivity index (χ3n) is 3.80. The van der Waals surface area contributed by atoms with Crippen molar-refractivity contribution < 1.29 is 14.5 Å². The van der Waals surface area contributed by atoms with E-state index >= 15 is 0 Å². The quantitative estimate of drug-likeness (QED) is 0.309. The number of hydrogen-bond acceptors (Lipinski definition) is 6. The molecule has 132 valence electrons. The second-order valence-corrected chi connectivity index (χ2v) is 5.84. The van der Waals surface area contributed by atoms with Crippen LogP contribution in [0.3, 0.4) is 0 Å². The number of nitro groups is 1. The van der Waals surface area contributed by atoms with Gasteiger partial charge in [0, 0.05) is 18.0 Å². The molecule has 3 aromatic rings. The summed E-state index contributed by atoms with van der Waals surface area (Å²) in [4.78, 5) is 26.9. The molecule has 2 heterocycles. The number of aryl methyl sites for hydroxylation is 3. The predicted molar refractivity (Wildman–Crippen MR) is 93.6 cm³/mol. The Balaban J connectivity index is 1.82. The number of benzene rings is 1. The highest BCUT2D eigenvalue weighted by molar-refractivity contribution is 5.91. The van der Waals surface area contributed by atoms with Gasteiger partial charge in [0.25, 0.3) is 5.69 Å². The maximum Gasteiger partial charge on any atom is 0.345 e. The second-order valence-electron chi connectivity index (χ2n) is 5.84. The Morgan fingerprint density at radius 1 is 1.15 bits per heavy atom. The minimum Gasteiger partial charge on any atom is -0.422 e. The number of nitro benzene ring substituents is 1. The van der Waals surface area contributed by atoms with Gasteiger partial charge in [-0.3, -0.25) is 10.1 Å². The molecule has 0 atom stereocenters. The molecule has 0 aliphatic carbocycles. The normalized spacial score (nSPS) is 10.6. The van der Waals surface area contributed by atoms with Crippen LogP contribution in [0, 0.1) is 30.9 Å². The molecule has 0 aliphatic heterocycles. The lowest BCUT2D eigenvalue weighted by molar-refractivity contribution is -0.384. The summed E-state index contributed by atoms with van der Waals surface area (Å²) in [6.07, 6.45) is 1.39. The Hall–Kier alpha value is -3.55. The fourth-order valence-electron chi connectivity index (χ4n) is 2.46. The predicted octanol–water partition coefficient (Wildman–Crippen LogP) is 3.32. The summed E-state index contributed by atoms with van der Waals surface area (Å²) in [6, 6.07) is 9.28. The van der Waals surface area contributed by atoms with Crippen LogP contribution < -0.4 is 4.74 Å². The SMILES string of the molecule is Cc1cc(C)n(-c2ccc(C(=O)Oc3cc([N+](=O)[O-])ccc3C)cn2)n1. The number of hydrogen-bond donors (Lipinski definition) is 0. The Labute approximate surface area is 149 Å². The van der Waals surface area contributed by atoms with Crippen LogP contribution in [0.2, 0.25) is 0 Å². The first-order chi connectivity index (χ1) is 12.3. The molecule has 8 heteroatoms. The summed E-state index contributed by atoms with van der Waals surface area (Å²) >= 11 is 0. The highest BCUT2D eigenvalue weighted by atomic mass is 16.6. The molecule has 1 aromatic carbocycles. The van der Waals surface area contributed by atoms with Crippen molar-refractivity contribution in [1.29, 1.82) is 0 Å². The number of aromatic nitrogens is 3. The van der Waals surface area contributed by atoms with Crippen molar-refractivity contribution in [2.45, 2.75) is 20.8 Å². The summed E-state index contributed by atoms with van der Waals surface area (Å²) < 4.78 is 6.97. The maximum absolute atomic E-state index is 12.3. The molecule has 0 fully saturated rings. The molecule has 0 saturated heterocycles. The standard InChI is InChI=1S/C18H16N4O4/c1-11-4-6-15(22(24)25)9-16(11)26-18(23)14-5-7-17(19-10-14)21-13(3)8-12(2)20-21/h4-10H,1-3H3. The van der Waals surface area contributed by atoms with E-state index in [1.165, 1.54) is 24.4 Å². The zero-order valence-corrected chi connectivity index (χ0v) is 14.5. The van der Waals surface area contributed by atoms with Crippen molar-refractivity contribution in [2.75, 3.05) is 0 Å². The Morgan fingerprint density at radius 3 is 2.50 bits per heavy atom. The summed E-state index contributed by atoms with van der Waals surface area (Å²) in [5.41, 5.74) is 2.51. The number of ether oxygens (including phenoxy) is 1. The number of nitrogens with zero attached hydrogens (tertiary/aromatic N) is 4. The monoisotopic (exact) mass is 352 g/mol. The van der Waals surface area contributed by atoms with Crippen LogP contribution in [0.4, 0.5) is 5.69 Å². The number of rotatable bonds is 4. The van der Waals surface area contributed by atoms with Gasteiger partial charge in [-0.1, -0.05) is 0 Å². The topological polar surface area (TPSA) is 100 Å². The van der Waals surface area contributed by atoms with Gasteiger partial charge in [-0.05, 0) is 50.6 Å². The minimum atomic E-state index is -0.638.